The van der Waals surface area contributed by atoms with Gasteiger partial charge in [-0.25, -0.2) is 0 Å². The molecule has 220 valence electrons. The monoisotopic (exact) mass is 601 g/mol. The first-order chi connectivity index (χ1) is 25.0. The van der Waals surface area contributed by atoms with Crippen molar-refractivity contribution < 1.29 is 5.48 Å². The molecule has 0 unspecified atom stereocenters. The molecule has 0 saturated heterocycles. The Morgan fingerprint density at radius 1 is 0.340 bits per heavy atom. The fraction of sp³-hybridized carbons (Fsp3) is 0. The Bertz CT molecular complexity index is 2780. The summed E-state index contributed by atoms with van der Waals surface area (Å²) in [6.07, 6.45) is 0. The summed E-state index contributed by atoms with van der Waals surface area (Å²) < 4.78 is 38.2. The molecule has 0 aliphatic heterocycles. The predicted molar refractivity (Wildman–Crippen MR) is 202 cm³/mol. The molecule has 1 nitrogen and oxygen atoms in total. The van der Waals surface area contributed by atoms with E-state index < -0.39 is 0 Å². The van der Waals surface area contributed by atoms with Crippen molar-refractivity contribution in [2.45, 2.75) is 0 Å². The zero-order chi connectivity index (χ0) is 34.6. The van der Waals surface area contributed by atoms with E-state index in [-0.39, 0.29) is 35.4 Å². The van der Waals surface area contributed by atoms with E-state index in [1.807, 2.05) is 102 Å². The molecular formula is C46H31N. The third kappa shape index (κ3) is 4.72. The fourth-order valence-electron chi connectivity index (χ4n) is 6.85. The standard InChI is InChI=1S/C46H31N/c1-2-12-33(13-3-1)42-18-10-11-21-45(42)47(46-31-36-15-5-7-17-40(36)43-19-8-9-20-44(43)46)38-27-24-32(25-28-38)35-26-29-41-37(30-35)23-22-34-14-4-6-16-39(34)41/h1-31H/i24D,25D,27D,28D. The molecule has 47 heavy (non-hydrogen) atoms. The molecule has 0 aliphatic rings. The van der Waals surface area contributed by atoms with Crippen LogP contribution in [0.4, 0.5) is 17.1 Å². The summed E-state index contributed by atoms with van der Waals surface area (Å²) in [5.41, 5.74) is 4.56. The molecule has 0 heterocycles. The quantitative estimate of drug-likeness (QED) is 0.177. The number of benzene rings is 9. The van der Waals surface area contributed by atoms with Crippen molar-refractivity contribution >= 4 is 60.2 Å². The highest BCUT2D eigenvalue weighted by Gasteiger charge is 2.20. The summed E-state index contributed by atoms with van der Waals surface area (Å²) in [6, 6.07) is 54.5. The van der Waals surface area contributed by atoms with Crippen molar-refractivity contribution in [2.24, 2.45) is 0 Å². The van der Waals surface area contributed by atoms with Crippen LogP contribution >= 0.6 is 0 Å². The van der Waals surface area contributed by atoms with Crippen LogP contribution in [0.15, 0.2) is 188 Å². The molecule has 0 bridgehead atoms. The average Bonchev–Trinajstić information content (AvgIpc) is 3.19. The lowest BCUT2D eigenvalue weighted by atomic mass is 9.96. The van der Waals surface area contributed by atoms with E-state index in [0.29, 0.717) is 5.56 Å². The minimum Gasteiger partial charge on any atom is -0.309 e. The summed E-state index contributed by atoms with van der Waals surface area (Å²) in [4.78, 5) is 1.94. The van der Waals surface area contributed by atoms with Crippen molar-refractivity contribution in [2.75, 3.05) is 4.90 Å². The lowest BCUT2D eigenvalue weighted by molar-refractivity contribution is 1.30. The highest BCUT2D eigenvalue weighted by atomic mass is 15.1. The van der Waals surface area contributed by atoms with Crippen molar-refractivity contribution in [3.8, 4) is 22.3 Å². The summed E-state index contributed by atoms with van der Waals surface area (Å²) in [5.74, 6) is 0. The van der Waals surface area contributed by atoms with Crippen LogP contribution in [0.25, 0.3) is 65.3 Å². The molecule has 0 atom stereocenters. The van der Waals surface area contributed by atoms with Gasteiger partial charge in [0.25, 0.3) is 0 Å². The molecule has 0 radical (unpaired) electrons. The van der Waals surface area contributed by atoms with Gasteiger partial charge in [0.05, 0.1) is 16.9 Å². The molecule has 0 spiro atoms. The molecule has 1 heteroatoms. The minimum absolute atomic E-state index is 0.0848. The van der Waals surface area contributed by atoms with Gasteiger partial charge < -0.3 is 4.90 Å². The Morgan fingerprint density at radius 3 is 1.72 bits per heavy atom. The Hall–Kier alpha value is -6.18. The van der Waals surface area contributed by atoms with E-state index in [9.17, 15) is 5.48 Å². The largest absolute Gasteiger partial charge is 0.309 e. The summed E-state index contributed by atoms with van der Waals surface area (Å²) >= 11 is 0. The van der Waals surface area contributed by atoms with E-state index in [0.717, 1.165) is 65.6 Å². The Kier molecular flexibility index (Phi) is 5.59. The number of rotatable bonds is 5. The van der Waals surface area contributed by atoms with E-state index in [1.165, 1.54) is 0 Å². The van der Waals surface area contributed by atoms with Gasteiger partial charge in [0, 0.05) is 16.6 Å². The van der Waals surface area contributed by atoms with Gasteiger partial charge in [-0.1, -0.05) is 158 Å². The van der Waals surface area contributed by atoms with Gasteiger partial charge in [0.15, 0.2) is 0 Å². The van der Waals surface area contributed by atoms with Gasteiger partial charge in [-0.15, -0.1) is 0 Å². The molecule has 0 N–H and O–H groups in total. The number of fused-ring (bicyclic) bond motifs is 6. The molecule has 9 aromatic rings. The normalized spacial score (nSPS) is 12.6. The van der Waals surface area contributed by atoms with Gasteiger partial charge in [0.1, 0.15) is 0 Å². The second kappa shape index (κ2) is 11.3. The summed E-state index contributed by atoms with van der Waals surface area (Å²) in [6.45, 7) is 0. The van der Waals surface area contributed by atoms with Gasteiger partial charge >= 0.3 is 0 Å². The topological polar surface area (TPSA) is 3.24 Å². The summed E-state index contributed by atoms with van der Waals surface area (Å²) in [5, 5.41) is 8.44. The van der Waals surface area contributed by atoms with Crippen LogP contribution in [0, 0.1) is 0 Å². The first-order valence-corrected chi connectivity index (χ1v) is 15.9. The number of anilines is 3. The van der Waals surface area contributed by atoms with Crippen molar-refractivity contribution in [3.63, 3.8) is 0 Å². The van der Waals surface area contributed by atoms with Crippen LogP contribution in [0.2, 0.25) is 0 Å². The zero-order valence-electron chi connectivity index (χ0n) is 29.5. The molecule has 9 aromatic carbocycles. The highest BCUT2D eigenvalue weighted by molar-refractivity contribution is 6.15. The molecule has 0 aromatic heterocycles. The first-order valence-electron chi connectivity index (χ1n) is 17.9. The second-order valence-electron chi connectivity index (χ2n) is 11.8. The van der Waals surface area contributed by atoms with E-state index in [4.69, 9.17) is 0 Å². The number of hydrogen-bond acceptors (Lipinski definition) is 1. The van der Waals surface area contributed by atoms with Gasteiger partial charge in [-0.3, -0.25) is 0 Å². The van der Waals surface area contributed by atoms with Crippen molar-refractivity contribution in [3.05, 3.63) is 188 Å². The van der Waals surface area contributed by atoms with Crippen LogP contribution in [0.1, 0.15) is 5.48 Å². The molecule has 0 fully saturated rings. The van der Waals surface area contributed by atoms with Crippen LogP contribution in [-0.4, -0.2) is 0 Å². The van der Waals surface area contributed by atoms with Gasteiger partial charge in [-0.05, 0) is 84.7 Å². The van der Waals surface area contributed by atoms with Crippen LogP contribution in [-0.2, 0) is 0 Å². The molecule has 0 amide bonds. The Balaban J connectivity index is 1.33. The molecule has 0 saturated carbocycles. The number of nitrogens with zero attached hydrogens (tertiary/aromatic N) is 1. The van der Waals surface area contributed by atoms with Gasteiger partial charge in [0.2, 0.25) is 0 Å². The summed E-state index contributed by atoms with van der Waals surface area (Å²) in [7, 11) is 0. The van der Waals surface area contributed by atoms with E-state index >= 15 is 0 Å². The third-order valence-corrected chi connectivity index (χ3v) is 9.09. The molecule has 0 aliphatic carbocycles. The molecular weight excluding hydrogens is 567 g/mol. The van der Waals surface area contributed by atoms with Crippen molar-refractivity contribution in [1.29, 1.82) is 0 Å². The Morgan fingerprint density at radius 2 is 0.915 bits per heavy atom. The average molecular weight is 602 g/mol. The second-order valence-corrected chi connectivity index (χ2v) is 11.8. The first kappa shape index (κ1) is 23.2. The minimum atomic E-state index is -0.107. The zero-order valence-corrected chi connectivity index (χ0v) is 25.5. The number of para-hydroxylation sites is 1. The van der Waals surface area contributed by atoms with Crippen molar-refractivity contribution in [1.82, 2.24) is 0 Å². The van der Waals surface area contributed by atoms with Gasteiger partial charge in [-0.2, -0.15) is 0 Å². The predicted octanol–water partition coefficient (Wildman–Crippen LogP) is 13.1. The maximum atomic E-state index is 9.64. The third-order valence-electron chi connectivity index (χ3n) is 9.09. The Labute approximate surface area is 280 Å². The maximum absolute atomic E-state index is 9.64. The fourth-order valence-corrected chi connectivity index (χ4v) is 6.85. The highest BCUT2D eigenvalue weighted by Crippen LogP contribution is 2.45. The molecule has 9 rings (SSSR count). The SMILES string of the molecule is [2H]c1c([2H])c(N(c2ccccc2-c2ccccc2)c2cc3ccccc3c3ccccc23)c([2H])c([2H])c1-c1ccc2c(ccc3ccccc32)c1. The number of hydrogen-bond donors (Lipinski definition) is 0. The lowest BCUT2D eigenvalue weighted by Gasteiger charge is -2.29. The lowest BCUT2D eigenvalue weighted by Crippen LogP contribution is -2.12. The smallest absolute Gasteiger partial charge is 0.0645 e. The van der Waals surface area contributed by atoms with Crippen LogP contribution in [0.3, 0.4) is 0 Å². The maximum Gasteiger partial charge on any atom is 0.0645 e. The van der Waals surface area contributed by atoms with Crippen LogP contribution in [0.5, 0.6) is 0 Å². The van der Waals surface area contributed by atoms with E-state index in [1.54, 1.807) is 0 Å². The van der Waals surface area contributed by atoms with E-state index in [2.05, 4.69) is 66.7 Å². The van der Waals surface area contributed by atoms with Crippen LogP contribution < -0.4 is 4.90 Å².